The van der Waals surface area contributed by atoms with Crippen LogP contribution in [0, 0.1) is 13.8 Å². The Hall–Kier alpha value is -1.57. The summed E-state index contributed by atoms with van der Waals surface area (Å²) in [5, 5.41) is 1.08. The number of hydrogen-bond acceptors (Lipinski definition) is 2. The summed E-state index contributed by atoms with van der Waals surface area (Å²) in [5.41, 5.74) is 3.20. The Morgan fingerprint density at radius 3 is 2.64 bits per heavy atom. The maximum Gasteiger partial charge on any atom is 0.130 e. The molecule has 2 nitrogen and oxygen atoms in total. The summed E-state index contributed by atoms with van der Waals surface area (Å²) in [5.74, 6) is 0.899. The number of nitrogens with zero attached hydrogens (tertiary/aromatic N) is 1. The van der Waals surface area contributed by atoms with E-state index in [9.17, 15) is 0 Å². The fourth-order valence-corrected chi connectivity index (χ4v) is 1.60. The summed E-state index contributed by atoms with van der Waals surface area (Å²) >= 11 is 0. The Kier molecular flexibility index (Phi) is 2.12. The van der Waals surface area contributed by atoms with Crippen molar-refractivity contribution in [3.63, 3.8) is 0 Å². The van der Waals surface area contributed by atoms with Gasteiger partial charge in [-0.05, 0) is 26.0 Å². The Balaban J connectivity index is 2.81. The molecule has 0 amide bonds. The maximum absolute atomic E-state index is 5.32. The van der Waals surface area contributed by atoms with Gasteiger partial charge < -0.3 is 4.74 Å². The average molecular weight is 187 g/mol. The summed E-state index contributed by atoms with van der Waals surface area (Å²) in [6.07, 6.45) is 0. The van der Waals surface area contributed by atoms with E-state index in [1.165, 1.54) is 5.56 Å². The molecule has 14 heavy (non-hydrogen) atoms. The van der Waals surface area contributed by atoms with Gasteiger partial charge >= 0.3 is 0 Å². The van der Waals surface area contributed by atoms with Gasteiger partial charge in [-0.15, -0.1) is 0 Å². The summed E-state index contributed by atoms with van der Waals surface area (Å²) in [4.78, 5) is 4.45. The third kappa shape index (κ3) is 1.43. The molecule has 0 atom stereocenters. The third-order valence-electron chi connectivity index (χ3n) is 2.27. The number of ether oxygens (including phenoxy) is 1. The van der Waals surface area contributed by atoms with Gasteiger partial charge in [-0.1, -0.05) is 11.6 Å². The lowest BCUT2D eigenvalue weighted by Crippen LogP contribution is -1.90. The van der Waals surface area contributed by atoms with Crippen molar-refractivity contribution in [1.82, 2.24) is 4.98 Å². The lowest BCUT2D eigenvalue weighted by molar-refractivity contribution is 0.419. The predicted molar refractivity (Wildman–Crippen MR) is 57.8 cm³/mol. The van der Waals surface area contributed by atoms with Crippen molar-refractivity contribution in [2.24, 2.45) is 0 Å². The van der Waals surface area contributed by atoms with Crippen LogP contribution in [0.4, 0.5) is 0 Å². The second kappa shape index (κ2) is 3.29. The monoisotopic (exact) mass is 187 g/mol. The van der Waals surface area contributed by atoms with Crippen molar-refractivity contribution in [1.29, 1.82) is 0 Å². The molecule has 0 radical (unpaired) electrons. The molecule has 2 heteroatoms. The van der Waals surface area contributed by atoms with Gasteiger partial charge in [0.1, 0.15) is 5.75 Å². The number of pyridine rings is 1. The number of methoxy groups -OCH3 is 1. The highest BCUT2D eigenvalue weighted by molar-refractivity contribution is 5.85. The standard InChI is InChI=1S/C12H13NO/c1-8-4-5-11-10(6-8)12(14-3)7-9(2)13-11/h4-7H,1-3H3. The van der Waals surface area contributed by atoms with E-state index in [-0.39, 0.29) is 0 Å². The predicted octanol–water partition coefficient (Wildman–Crippen LogP) is 2.86. The number of hydrogen-bond donors (Lipinski definition) is 0. The molecule has 0 unspecified atom stereocenters. The molecule has 1 heterocycles. The summed E-state index contributed by atoms with van der Waals surface area (Å²) < 4.78 is 5.32. The van der Waals surface area contributed by atoms with Crippen LogP contribution in [0.5, 0.6) is 5.75 Å². The Labute approximate surface area is 83.5 Å². The number of benzene rings is 1. The van der Waals surface area contributed by atoms with Gasteiger partial charge in [-0.2, -0.15) is 0 Å². The van der Waals surface area contributed by atoms with E-state index in [0.29, 0.717) is 0 Å². The molecule has 2 rings (SSSR count). The molecule has 0 fully saturated rings. The minimum atomic E-state index is 0.899. The molecule has 0 N–H and O–H groups in total. The van der Waals surface area contributed by atoms with Crippen LogP contribution in [0.3, 0.4) is 0 Å². The largest absolute Gasteiger partial charge is 0.496 e. The van der Waals surface area contributed by atoms with Crippen molar-refractivity contribution in [2.45, 2.75) is 13.8 Å². The van der Waals surface area contributed by atoms with E-state index in [0.717, 1.165) is 22.3 Å². The minimum absolute atomic E-state index is 0.899. The first-order valence-corrected chi connectivity index (χ1v) is 4.62. The fraction of sp³-hybridized carbons (Fsp3) is 0.250. The molecule has 0 bridgehead atoms. The van der Waals surface area contributed by atoms with Gasteiger partial charge in [0.15, 0.2) is 0 Å². The molecule has 0 saturated carbocycles. The summed E-state index contributed by atoms with van der Waals surface area (Å²) in [7, 11) is 1.69. The second-order valence-electron chi connectivity index (χ2n) is 3.49. The van der Waals surface area contributed by atoms with Crippen molar-refractivity contribution < 1.29 is 4.74 Å². The highest BCUT2D eigenvalue weighted by atomic mass is 16.5. The number of aryl methyl sites for hydroxylation is 2. The molecule has 0 aliphatic rings. The molecular formula is C12H13NO. The van der Waals surface area contributed by atoms with Gasteiger partial charge in [0.2, 0.25) is 0 Å². The van der Waals surface area contributed by atoms with Gasteiger partial charge in [0.25, 0.3) is 0 Å². The fourth-order valence-electron chi connectivity index (χ4n) is 1.60. The van der Waals surface area contributed by atoms with Gasteiger partial charge in [-0.3, -0.25) is 4.98 Å². The van der Waals surface area contributed by atoms with Gasteiger partial charge in [0.05, 0.1) is 12.6 Å². The number of aromatic nitrogens is 1. The average Bonchev–Trinajstić information content (AvgIpc) is 2.17. The van der Waals surface area contributed by atoms with E-state index >= 15 is 0 Å². The Bertz CT molecular complexity index is 477. The van der Waals surface area contributed by atoms with Crippen LogP contribution in [0.1, 0.15) is 11.3 Å². The molecule has 72 valence electrons. The lowest BCUT2D eigenvalue weighted by atomic mass is 10.1. The molecule has 1 aromatic heterocycles. The van der Waals surface area contributed by atoms with Crippen LogP contribution in [0.2, 0.25) is 0 Å². The first-order valence-electron chi connectivity index (χ1n) is 4.62. The SMILES string of the molecule is COc1cc(C)nc2ccc(C)cc12. The molecule has 0 spiro atoms. The molecule has 0 aliphatic heterocycles. The normalized spacial score (nSPS) is 10.5. The maximum atomic E-state index is 5.32. The number of fused-ring (bicyclic) bond motifs is 1. The smallest absolute Gasteiger partial charge is 0.130 e. The molecule has 2 aromatic rings. The minimum Gasteiger partial charge on any atom is -0.496 e. The highest BCUT2D eigenvalue weighted by Gasteiger charge is 2.03. The lowest BCUT2D eigenvalue weighted by Gasteiger charge is -2.06. The van der Waals surface area contributed by atoms with Gasteiger partial charge in [0, 0.05) is 17.1 Å². The van der Waals surface area contributed by atoms with Crippen molar-refractivity contribution in [2.75, 3.05) is 7.11 Å². The van der Waals surface area contributed by atoms with E-state index in [1.807, 2.05) is 19.1 Å². The second-order valence-corrected chi connectivity index (χ2v) is 3.49. The zero-order valence-corrected chi connectivity index (χ0v) is 8.66. The molecule has 1 aromatic carbocycles. The Morgan fingerprint density at radius 1 is 1.14 bits per heavy atom. The summed E-state index contributed by atoms with van der Waals surface area (Å²) in [6, 6.07) is 8.15. The van der Waals surface area contributed by atoms with Crippen molar-refractivity contribution in [3.05, 3.63) is 35.5 Å². The highest BCUT2D eigenvalue weighted by Crippen LogP contribution is 2.25. The topological polar surface area (TPSA) is 22.1 Å². The van der Waals surface area contributed by atoms with Crippen LogP contribution in [0.15, 0.2) is 24.3 Å². The first-order chi connectivity index (χ1) is 6.70. The van der Waals surface area contributed by atoms with E-state index < -0.39 is 0 Å². The van der Waals surface area contributed by atoms with Crippen LogP contribution in [-0.4, -0.2) is 12.1 Å². The van der Waals surface area contributed by atoms with Crippen LogP contribution in [0.25, 0.3) is 10.9 Å². The van der Waals surface area contributed by atoms with Crippen molar-refractivity contribution in [3.8, 4) is 5.75 Å². The molecule has 0 aliphatic carbocycles. The van der Waals surface area contributed by atoms with Crippen LogP contribution < -0.4 is 4.74 Å². The zero-order chi connectivity index (χ0) is 10.1. The Morgan fingerprint density at radius 2 is 1.93 bits per heavy atom. The van der Waals surface area contributed by atoms with E-state index in [2.05, 4.69) is 24.0 Å². The number of rotatable bonds is 1. The van der Waals surface area contributed by atoms with Gasteiger partial charge in [-0.25, -0.2) is 0 Å². The van der Waals surface area contributed by atoms with E-state index in [1.54, 1.807) is 7.11 Å². The third-order valence-corrected chi connectivity index (χ3v) is 2.27. The quantitative estimate of drug-likeness (QED) is 0.684. The molecule has 0 saturated heterocycles. The first kappa shape index (κ1) is 9.00. The van der Waals surface area contributed by atoms with Crippen LogP contribution in [-0.2, 0) is 0 Å². The van der Waals surface area contributed by atoms with Crippen molar-refractivity contribution >= 4 is 10.9 Å². The molecular weight excluding hydrogens is 174 g/mol. The summed E-state index contributed by atoms with van der Waals surface area (Å²) in [6.45, 7) is 4.04. The zero-order valence-electron chi connectivity index (χ0n) is 8.66. The van der Waals surface area contributed by atoms with E-state index in [4.69, 9.17) is 4.74 Å². The van der Waals surface area contributed by atoms with Crippen LogP contribution >= 0.6 is 0 Å².